The fourth-order valence-electron chi connectivity index (χ4n) is 2.23. The Labute approximate surface area is 109 Å². The molecule has 0 saturated carbocycles. The minimum Gasteiger partial charge on any atom is -0.288 e. The molecular formula is C12H13N3S2. The number of hydrogen-bond donors (Lipinski definition) is 0. The van der Waals surface area contributed by atoms with Gasteiger partial charge in [0.2, 0.25) is 0 Å². The van der Waals surface area contributed by atoms with Gasteiger partial charge in [-0.25, -0.2) is 0 Å². The summed E-state index contributed by atoms with van der Waals surface area (Å²) >= 11 is 3.46. The number of aromatic nitrogens is 3. The van der Waals surface area contributed by atoms with Gasteiger partial charge in [0.05, 0.1) is 6.04 Å². The van der Waals surface area contributed by atoms with Crippen molar-refractivity contribution in [1.82, 2.24) is 14.8 Å². The third-order valence-corrected chi connectivity index (χ3v) is 4.73. The van der Waals surface area contributed by atoms with Crippen LogP contribution >= 0.6 is 23.5 Å². The standard InChI is InChI=1S/C12H13N3S2/c1-8-10(9-6-4-3-5-7-9)15-11(16-2)13-14-12(15)17-8/h3-8,10H,1-2H3. The molecule has 1 aromatic heterocycles. The van der Waals surface area contributed by atoms with Gasteiger partial charge in [-0.2, -0.15) is 0 Å². The molecule has 0 spiro atoms. The summed E-state index contributed by atoms with van der Waals surface area (Å²) in [4.78, 5) is 0. The van der Waals surface area contributed by atoms with Gasteiger partial charge in [0.25, 0.3) is 0 Å². The van der Waals surface area contributed by atoms with E-state index in [2.05, 4.69) is 52.0 Å². The van der Waals surface area contributed by atoms with Crippen molar-refractivity contribution in [3.05, 3.63) is 35.9 Å². The molecule has 3 rings (SSSR count). The van der Waals surface area contributed by atoms with Crippen LogP contribution in [0.5, 0.6) is 0 Å². The predicted molar refractivity (Wildman–Crippen MR) is 71.7 cm³/mol. The molecule has 5 heteroatoms. The summed E-state index contributed by atoms with van der Waals surface area (Å²) in [5.41, 5.74) is 1.33. The third kappa shape index (κ3) is 1.77. The molecule has 3 nitrogen and oxygen atoms in total. The maximum Gasteiger partial charge on any atom is 0.192 e. The third-order valence-electron chi connectivity index (χ3n) is 2.97. The van der Waals surface area contributed by atoms with Crippen molar-refractivity contribution in [2.75, 3.05) is 6.26 Å². The van der Waals surface area contributed by atoms with Crippen LogP contribution in [-0.2, 0) is 0 Å². The second kappa shape index (κ2) is 4.38. The molecule has 88 valence electrons. The van der Waals surface area contributed by atoms with E-state index in [0.29, 0.717) is 11.3 Å². The summed E-state index contributed by atoms with van der Waals surface area (Å²) in [6.07, 6.45) is 2.05. The molecule has 0 bridgehead atoms. The largest absolute Gasteiger partial charge is 0.288 e. The first-order valence-electron chi connectivity index (χ1n) is 5.51. The molecule has 2 heterocycles. The van der Waals surface area contributed by atoms with E-state index in [0.717, 1.165) is 10.3 Å². The molecule has 0 N–H and O–H groups in total. The smallest absolute Gasteiger partial charge is 0.192 e. The van der Waals surface area contributed by atoms with Crippen LogP contribution in [0.25, 0.3) is 0 Å². The summed E-state index contributed by atoms with van der Waals surface area (Å²) in [6.45, 7) is 2.25. The van der Waals surface area contributed by atoms with Gasteiger partial charge in [-0.1, -0.05) is 60.8 Å². The number of rotatable bonds is 2. The molecular weight excluding hydrogens is 250 g/mol. The van der Waals surface area contributed by atoms with Gasteiger partial charge in [-0.3, -0.25) is 4.57 Å². The fourth-order valence-corrected chi connectivity index (χ4v) is 3.95. The molecule has 0 aliphatic carbocycles. The van der Waals surface area contributed by atoms with Crippen LogP contribution in [0.15, 0.2) is 40.6 Å². The Kier molecular flexibility index (Phi) is 2.88. The molecule has 2 aromatic rings. The van der Waals surface area contributed by atoms with Gasteiger partial charge in [-0.15, -0.1) is 10.2 Å². The molecule has 17 heavy (non-hydrogen) atoms. The molecule has 0 radical (unpaired) electrons. The summed E-state index contributed by atoms with van der Waals surface area (Å²) in [5, 5.41) is 11.0. The lowest BCUT2D eigenvalue weighted by molar-refractivity contribution is 0.524. The summed E-state index contributed by atoms with van der Waals surface area (Å²) in [7, 11) is 0. The minimum atomic E-state index is 0.355. The quantitative estimate of drug-likeness (QED) is 0.779. The highest BCUT2D eigenvalue weighted by Crippen LogP contribution is 2.44. The topological polar surface area (TPSA) is 30.7 Å². The van der Waals surface area contributed by atoms with Gasteiger partial charge in [0.15, 0.2) is 10.3 Å². The van der Waals surface area contributed by atoms with E-state index in [1.54, 1.807) is 23.5 Å². The number of hydrogen-bond acceptors (Lipinski definition) is 4. The Morgan fingerprint density at radius 1 is 1.24 bits per heavy atom. The summed E-state index contributed by atoms with van der Waals surface area (Å²) in [5.74, 6) is 0. The Balaban J connectivity index is 2.10. The highest BCUT2D eigenvalue weighted by atomic mass is 32.2. The van der Waals surface area contributed by atoms with Crippen molar-refractivity contribution in [3.8, 4) is 0 Å². The van der Waals surface area contributed by atoms with Crippen LogP contribution in [0.1, 0.15) is 18.5 Å². The lowest BCUT2D eigenvalue weighted by atomic mass is 10.0. The maximum atomic E-state index is 4.25. The minimum absolute atomic E-state index is 0.355. The maximum absolute atomic E-state index is 4.25. The van der Waals surface area contributed by atoms with E-state index >= 15 is 0 Å². The molecule has 1 aliphatic rings. The van der Waals surface area contributed by atoms with Gasteiger partial charge < -0.3 is 0 Å². The van der Waals surface area contributed by atoms with Crippen molar-refractivity contribution in [1.29, 1.82) is 0 Å². The molecule has 1 aromatic carbocycles. The molecule has 0 fully saturated rings. The number of benzene rings is 1. The summed E-state index contributed by atoms with van der Waals surface area (Å²) in [6, 6.07) is 11.0. The van der Waals surface area contributed by atoms with E-state index in [-0.39, 0.29) is 0 Å². The van der Waals surface area contributed by atoms with E-state index < -0.39 is 0 Å². The summed E-state index contributed by atoms with van der Waals surface area (Å²) < 4.78 is 2.26. The van der Waals surface area contributed by atoms with E-state index in [9.17, 15) is 0 Å². The first kappa shape index (κ1) is 11.2. The monoisotopic (exact) mass is 263 g/mol. The molecule has 1 aliphatic heterocycles. The zero-order valence-corrected chi connectivity index (χ0v) is 11.3. The Hall–Kier alpha value is -0.940. The van der Waals surface area contributed by atoms with Gasteiger partial charge in [-0.05, 0) is 11.8 Å². The number of nitrogens with zero attached hydrogens (tertiary/aromatic N) is 3. The number of thioether (sulfide) groups is 2. The zero-order chi connectivity index (χ0) is 11.8. The highest BCUT2D eigenvalue weighted by Gasteiger charge is 2.34. The Bertz CT molecular complexity index is 524. The van der Waals surface area contributed by atoms with Crippen molar-refractivity contribution < 1.29 is 0 Å². The first-order valence-corrected chi connectivity index (χ1v) is 7.62. The number of fused-ring (bicyclic) bond motifs is 1. The van der Waals surface area contributed by atoms with E-state index in [4.69, 9.17) is 0 Å². The van der Waals surface area contributed by atoms with Crippen molar-refractivity contribution in [3.63, 3.8) is 0 Å². The molecule has 0 saturated heterocycles. The second-order valence-electron chi connectivity index (χ2n) is 4.02. The van der Waals surface area contributed by atoms with Crippen LogP contribution in [0.2, 0.25) is 0 Å². The van der Waals surface area contributed by atoms with Crippen molar-refractivity contribution >= 4 is 23.5 Å². The van der Waals surface area contributed by atoms with Gasteiger partial charge in [0.1, 0.15) is 0 Å². The van der Waals surface area contributed by atoms with E-state index in [1.165, 1.54) is 5.56 Å². The molecule has 2 unspecified atom stereocenters. The average molecular weight is 263 g/mol. The van der Waals surface area contributed by atoms with Crippen LogP contribution in [-0.4, -0.2) is 26.3 Å². The lowest BCUT2D eigenvalue weighted by Gasteiger charge is -2.18. The fraction of sp³-hybridized carbons (Fsp3) is 0.333. The second-order valence-corrected chi connectivity index (χ2v) is 6.14. The average Bonchev–Trinajstić information content (AvgIpc) is 2.87. The van der Waals surface area contributed by atoms with Crippen LogP contribution < -0.4 is 0 Å². The SMILES string of the molecule is CSc1nnc2n1C(c1ccccc1)C(C)S2. The van der Waals surface area contributed by atoms with Crippen molar-refractivity contribution in [2.45, 2.75) is 28.5 Å². The molecule has 2 atom stereocenters. The van der Waals surface area contributed by atoms with Crippen LogP contribution in [0.3, 0.4) is 0 Å². The van der Waals surface area contributed by atoms with E-state index in [1.807, 2.05) is 6.26 Å². The normalized spacial score (nSPS) is 22.7. The Morgan fingerprint density at radius 2 is 2.00 bits per heavy atom. The zero-order valence-electron chi connectivity index (χ0n) is 9.70. The van der Waals surface area contributed by atoms with Crippen LogP contribution in [0, 0.1) is 0 Å². The van der Waals surface area contributed by atoms with Gasteiger partial charge >= 0.3 is 0 Å². The first-order chi connectivity index (χ1) is 8.31. The molecule has 0 amide bonds. The van der Waals surface area contributed by atoms with Crippen LogP contribution in [0.4, 0.5) is 0 Å². The lowest BCUT2D eigenvalue weighted by Crippen LogP contribution is -2.15. The van der Waals surface area contributed by atoms with Crippen molar-refractivity contribution in [2.24, 2.45) is 0 Å². The van der Waals surface area contributed by atoms with Gasteiger partial charge in [0, 0.05) is 5.25 Å². The predicted octanol–water partition coefficient (Wildman–Crippen LogP) is 3.08. The highest BCUT2D eigenvalue weighted by molar-refractivity contribution is 8.00. The Morgan fingerprint density at radius 3 is 2.71 bits per heavy atom.